The van der Waals surface area contributed by atoms with Gasteiger partial charge in [-0.15, -0.1) is 0 Å². The van der Waals surface area contributed by atoms with E-state index in [9.17, 15) is 4.79 Å². The molecule has 1 aromatic heterocycles. The molecule has 0 atom stereocenters. The molecule has 3 heteroatoms. The van der Waals surface area contributed by atoms with E-state index in [2.05, 4.69) is 4.98 Å². The first-order chi connectivity index (χ1) is 8.63. The van der Waals surface area contributed by atoms with Gasteiger partial charge in [-0.1, -0.05) is 17.7 Å². The SMILES string of the molecule is Cc1cc(C)c(-c2ccccn2)c(C(=O)C=N)c1. The van der Waals surface area contributed by atoms with E-state index in [1.54, 1.807) is 6.20 Å². The number of pyridine rings is 1. The van der Waals surface area contributed by atoms with E-state index in [1.165, 1.54) is 0 Å². The topological polar surface area (TPSA) is 53.8 Å². The number of nitrogens with one attached hydrogen (secondary N) is 1. The van der Waals surface area contributed by atoms with E-state index >= 15 is 0 Å². The Morgan fingerprint density at radius 2 is 2.06 bits per heavy atom. The maximum absolute atomic E-state index is 11.8. The van der Waals surface area contributed by atoms with Gasteiger partial charge < -0.3 is 5.41 Å². The Morgan fingerprint density at radius 1 is 1.28 bits per heavy atom. The average molecular weight is 238 g/mol. The number of aryl methyl sites for hydroxylation is 2. The fourth-order valence-electron chi connectivity index (χ4n) is 2.09. The van der Waals surface area contributed by atoms with Crippen molar-refractivity contribution >= 4 is 12.0 Å². The molecule has 0 aliphatic rings. The second-order valence-electron chi connectivity index (χ2n) is 4.23. The van der Waals surface area contributed by atoms with E-state index in [4.69, 9.17) is 5.41 Å². The molecule has 3 nitrogen and oxygen atoms in total. The third-order valence-corrected chi connectivity index (χ3v) is 2.80. The van der Waals surface area contributed by atoms with E-state index in [1.807, 2.05) is 44.2 Å². The van der Waals surface area contributed by atoms with Gasteiger partial charge in [0, 0.05) is 17.3 Å². The molecule has 1 heterocycles. The minimum Gasteiger partial charge on any atom is -0.305 e. The molecule has 90 valence electrons. The summed E-state index contributed by atoms with van der Waals surface area (Å²) in [5.74, 6) is -0.289. The van der Waals surface area contributed by atoms with Crippen molar-refractivity contribution in [2.45, 2.75) is 13.8 Å². The summed E-state index contributed by atoms with van der Waals surface area (Å²) in [6, 6.07) is 9.43. The van der Waals surface area contributed by atoms with Crippen LogP contribution >= 0.6 is 0 Å². The molecule has 0 radical (unpaired) electrons. The lowest BCUT2D eigenvalue weighted by Crippen LogP contribution is -2.05. The highest BCUT2D eigenvalue weighted by molar-refractivity contribution is 6.36. The normalized spacial score (nSPS) is 10.1. The van der Waals surface area contributed by atoms with Crippen LogP contribution in [0.25, 0.3) is 11.3 Å². The van der Waals surface area contributed by atoms with Gasteiger partial charge in [0.2, 0.25) is 5.78 Å². The van der Waals surface area contributed by atoms with E-state index < -0.39 is 0 Å². The quantitative estimate of drug-likeness (QED) is 0.659. The smallest absolute Gasteiger partial charge is 0.203 e. The fourth-order valence-corrected chi connectivity index (χ4v) is 2.09. The number of hydrogen-bond acceptors (Lipinski definition) is 3. The molecule has 0 amide bonds. The number of hydrogen-bond donors (Lipinski definition) is 1. The maximum Gasteiger partial charge on any atom is 0.203 e. The Kier molecular flexibility index (Phi) is 3.33. The molecule has 1 aromatic carbocycles. The minimum atomic E-state index is -0.289. The molecule has 0 aliphatic heterocycles. The van der Waals surface area contributed by atoms with Gasteiger partial charge in [-0.05, 0) is 37.6 Å². The number of carbonyl (C=O) groups excluding carboxylic acids is 1. The summed E-state index contributed by atoms with van der Waals surface area (Å²) >= 11 is 0. The fraction of sp³-hybridized carbons (Fsp3) is 0.133. The summed E-state index contributed by atoms with van der Waals surface area (Å²) in [4.78, 5) is 16.1. The molecule has 0 unspecified atom stereocenters. The summed E-state index contributed by atoms with van der Waals surface area (Å²) in [6.45, 7) is 3.90. The number of aromatic nitrogens is 1. The summed E-state index contributed by atoms with van der Waals surface area (Å²) in [6.07, 6.45) is 2.55. The summed E-state index contributed by atoms with van der Waals surface area (Å²) in [5.41, 5.74) is 4.13. The highest BCUT2D eigenvalue weighted by Crippen LogP contribution is 2.27. The lowest BCUT2D eigenvalue weighted by molar-refractivity contribution is 0.107. The number of rotatable bonds is 3. The molecule has 0 bridgehead atoms. The largest absolute Gasteiger partial charge is 0.305 e. The van der Waals surface area contributed by atoms with Gasteiger partial charge in [-0.2, -0.15) is 0 Å². The Hall–Kier alpha value is -2.29. The van der Waals surface area contributed by atoms with Crippen LogP contribution in [-0.2, 0) is 0 Å². The third-order valence-electron chi connectivity index (χ3n) is 2.80. The van der Waals surface area contributed by atoms with Crippen molar-refractivity contribution in [2.24, 2.45) is 0 Å². The van der Waals surface area contributed by atoms with Crippen LogP contribution in [0.2, 0.25) is 0 Å². The molecule has 0 fully saturated rings. The van der Waals surface area contributed by atoms with Crippen LogP contribution in [0.15, 0.2) is 36.5 Å². The molecule has 0 saturated carbocycles. The van der Waals surface area contributed by atoms with Crippen LogP contribution < -0.4 is 0 Å². The van der Waals surface area contributed by atoms with Gasteiger partial charge in [-0.3, -0.25) is 9.78 Å². The number of Topliss-reactive ketones (excluding diaryl/α,β-unsaturated/α-hetero) is 1. The Balaban J connectivity index is 2.73. The predicted octanol–water partition coefficient (Wildman–Crippen LogP) is 3.20. The first-order valence-electron chi connectivity index (χ1n) is 5.71. The second-order valence-corrected chi connectivity index (χ2v) is 4.23. The molecular formula is C15H14N2O. The van der Waals surface area contributed by atoms with Gasteiger partial charge in [0.1, 0.15) is 0 Å². The molecular weight excluding hydrogens is 224 g/mol. The Labute approximate surface area is 106 Å². The van der Waals surface area contributed by atoms with E-state index in [-0.39, 0.29) is 5.78 Å². The predicted molar refractivity (Wildman–Crippen MR) is 72.3 cm³/mol. The first-order valence-corrected chi connectivity index (χ1v) is 5.71. The van der Waals surface area contributed by atoms with Gasteiger partial charge in [0.15, 0.2) is 0 Å². The van der Waals surface area contributed by atoms with Crippen molar-refractivity contribution in [3.63, 3.8) is 0 Å². The molecule has 18 heavy (non-hydrogen) atoms. The average Bonchev–Trinajstić information content (AvgIpc) is 2.38. The van der Waals surface area contributed by atoms with Gasteiger partial charge >= 0.3 is 0 Å². The van der Waals surface area contributed by atoms with E-state index in [0.29, 0.717) is 5.56 Å². The van der Waals surface area contributed by atoms with Crippen LogP contribution in [0.3, 0.4) is 0 Å². The maximum atomic E-state index is 11.8. The highest BCUT2D eigenvalue weighted by atomic mass is 16.1. The van der Waals surface area contributed by atoms with Crippen molar-refractivity contribution in [1.82, 2.24) is 4.98 Å². The van der Waals surface area contributed by atoms with E-state index in [0.717, 1.165) is 28.6 Å². The molecule has 2 aromatic rings. The number of carbonyl (C=O) groups is 1. The summed E-state index contributed by atoms with van der Waals surface area (Å²) in [5, 5.41) is 7.15. The summed E-state index contributed by atoms with van der Waals surface area (Å²) in [7, 11) is 0. The zero-order valence-corrected chi connectivity index (χ0v) is 10.4. The van der Waals surface area contributed by atoms with Crippen LogP contribution in [0.5, 0.6) is 0 Å². The zero-order chi connectivity index (χ0) is 13.1. The lowest BCUT2D eigenvalue weighted by atomic mass is 9.94. The van der Waals surface area contributed by atoms with Crippen molar-refractivity contribution in [3.8, 4) is 11.3 Å². The first kappa shape index (κ1) is 12.2. The van der Waals surface area contributed by atoms with Crippen LogP contribution in [-0.4, -0.2) is 17.0 Å². The van der Waals surface area contributed by atoms with Gasteiger partial charge in [0.05, 0.1) is 11.9 Å². The van der Waals surface area contributed by atoms with Crippen LogP contribution in [0, 0.1) is 19.3 Å². The molecule has 0 aliphatic carbocycles. The standard InChI is InChI=1S/C15H14N2O/c1-10-7-11(2)15(12(8-10)14(18)9-16)13-5-3-4-6-17-13/h3-9,16H,1-2H3. The highest BCUT2D eigenvalue weighted by Gasteiger charge is 2.14. The van der Waals surface area contributed by atoms with Crippen molar-refractivity contribution in [2.75, 3.05) is 0 Å². The number of ketones is 1. The summed E-state index contributed by atoms with van der Waals surface area (Å²) < 4.78 is 0. The Bertz CT molecular complexity index is 603. The zero-order valence-electron chi connectivity index (χ0n) is 10.4. The molecule has 1 N–H and O–H groups in total. The number of nitrogens with zero attached hydrogens (tertiary/aromatic N) is 1. The lowest BCUT2D eigenvalue weighted by Gasteiger charge is -2.11. The van der Waals surface area contributed by atoms with Gasteiger partial charge in [-0.25, -0.2) is 0 Å². The van der Waals surface area contributed by atoms with Crippen molar-refractivity contribution in [3.05, 3.63) is 53.2 Å². The van der Waals surface area contributed by atoms with Gasteiger partial charge in [0.25, 0.3) is 0 Å². The minimum absolute atomic E-state index is 0.289. The van der Waals surface area contributed by atoms with Crippen molar-refractivity contribution in [1.29, 1.82) is 5.41 Å². The molecule has 0 saturated heterocycles. The van der Waals surface area contributed by atoms with Crippen molar-refractivity contribution < 1.29 is 4.79 Å². The monoisotopic (exact) mass is 238 g/mol. The molecule has 0 spiro atoms. The second kappa shape index (κ2) is 4.92. The van der Waals surface area contributed by atoms with Crippen LogP contribution in [0.1, 0.15) is 21.5 Å². The van der Waals surface area contributed by atoms with Crippen LogP contribution in [0.4, 0.5) is 0 Å². The Morgan fingerprint density at radius 3 is 2.67 bits per heavy atom. The third kappa shape index (κ3) is 2.20. The molecule has 2 rings (SSSR count). The number of benzene rings is 1.